The van der Waals surface area contributed by atoms with Crippen LogP contribution in [0.1, 0.15) is 26.3 Å². The molecule has 3 atom stereocenters. The molecule has 0 aromatic heterocycles. The van der Waals surface area contributed by atoms with Crippen molar-refractivity contribution in [3.63, 3.8) is 0 Å². The Morgan fingerprint density at radius 1 is 1.07 bits per heavy atom. The first-order chi connectivity index (χ1) is 14.1. The molecule has 30 heavy (non-hydrogen) atoms. The van der Waals surface area contributed by atoms with Crippen molar-refractivity contribution in [2.45, 2.75) is 45.3 Å². The Balaban J connectivity index is 2.92. The van der Waals surface area contributed by atoms with Gasteiger partial charge < -0.3 is 25.8 Å². The van der Waals surface area contributed by atoms with E-state index in [4.69, 9.17) is 15.2 Å². The van der Waals surface area contributed by atoms with Crippen LogP contribution in [0.4, 0.5) is 0 Å². The molecule has 0 spiro atoms. The quantitative estimate of drug-likeness (QED) is 0.232. The number of ether oxygens (including phenoxy) is 2. The lowest BCUT2D eigenvalue weighted by molar-refractivity contribution is -0.145. The Hall–Kier alpha value is -2.59. The minimum Gasteiger partial charge on any atom is -0.467 e. The second-order valence-electron chi connectivity index (χ2n) is 7.05. The van der Waals surface area contributed by atoms with Crippen LogP contribution in [0, 0.1) is 5.92 Å². The highest BCUT2D eigenvalue weighted by Gasteiger charge is 2.30. The molecule has 0 fully saturated rings. The van der Waals surface area contributed by atoms with E-state index in [0.29, 0.717) is 11.3 Å². The van der Waals surface area contributed by atoms with Gasteiger partial charge in [0.2, 0.25) is 11.8 Å². The van der Waals surface area contributed by atoms with E-state index in [9.17, 15) is 19.2 Å². The van der Waals surface area contributed by atoms with Gasteiger partial charge in [0, 0.05) is 19.1 Å². The van der Waals surface area contributed by atoms with Gasteiger partial charge in [0.25, 0.3) is 0 Å². The van der Waals surface area contributed by atoms with Crippen molar-refractivity contribution in [3.05, 3.63) is 29.8 Å². The monoisotopic (exact) mass is 439 g/mol. The van der Waals surface area contributed by atoms with Crippen molar-refractivity contribution < 1.29 is 28.7 Å². The fraction of sp³-hybridized carbons (Fsp3) is 0.500. The third kappa shape index (κ3) is 8.03. The van der Waals surface area contributed by atoms with Crippen molar-refractivity contribution >= 4 is 36.4 Å². The Labute approximate surface area is 181 Å². The average molecular weight is 440 g/mol. The summed E-state index contributed by atoms with van der Waals surface area (Å²) in [6, 6.07) is 3.81. The van der Waals surface area contributed by atoms with Gasteiger partial charge in [-0.1, -0.05) is 26.0 Å². The summed E-state index contributed by atoms with van der Waals surface area (Å²) >= 11 is 3.98. The van der Waals surface area contributed by atoms with Crippen LogP contribution in [-0.2, 0) is 30.3 Å². The van der Waals surface area contributed by atoms with E-state index in [0.717, 1.165) is 0 Å². The number of thiol groups is 1. The fourth-order valence-corrected chi connectivity index (χ4v) is 2.74. The first-order valence-corrected chi connectivity index (χ1v) is 10.0. The van der Waals surface area contributed by atoms with Crippen LogP contribution in [0.25, 0.3) is 0 Å². The highest BCUT2D eigenvalue weighted by atomic mass is 32.1. The molecule has 9 nitrogen and oxygen atoms in total. The fourth-order valence-electron chi connectivity index (χ4n) is 2.57. The second-order valence-corrected chi connectivity index (χ2v) is 7.41. The molecule has 1 aromatic carbocycles. The van der Waals surface area contributed by atoms with E-state index in [1.165, 1.54) is 14.0 Å². The lowest BCUT2D eigenvalue weighted by Gasteiger charge is -2.25. The molecule has 0 bridgehead atoms. The summed E-state index contributed by atoms with van der Waals surface area (Å²) in [4.78, 5) is 48.1. The molecule has 1 aromatic rings. The summed E-state index contributed by atoms with van der Waals surface area (Å²) in [7, 11) is 1.22. The largest absolute Gasteiger partial charge is 0.467 e. The predicted molar refractivity (Wildman–Crippen MR) is 114 cm³/mol. The average Bonchev–Trinajstić information content (AvgIpc) is 2.70. The number of carbonyl (C=O) groups is 4. The van der Waals surface area contributed by atoms with E-state index in [1.807, 2.05) is 0 Å². The molecule has 166 valence electrons. The van der Waals surface area contributed by atoms with Crippen molar-refractivity contribution in [2.24, 2.45) is 11.7 Å². The van der Waals surface area contributed by atoms with E-state index in [-0.39, 0.29) is 18.1 Å². The molecule has 0 aliphatic carbocycles. The minimum atomic E-state index is -0.973. The van der Waals surface area contributed by atoms with Gasteiger partial charge in [-0.3, -0.25) is 14.4 Å². The predicted octanol–water partition coefficient (Wildman–Crippen LogP) is 0.210. The number of esters is 2. The number of amides is 2. The summed E-state index contributed by atoms with van der Waals surface area (Å²) in [5.41, 5.74) is 6.37. The van der Waals surface area contributed by atoms with Crippen LogP contribution in [0.5, 0.6) is 5.75 Å². The highest BCUT2D eigenvalue weighted by molar-refractivity contribution is 7.80. The van der Waals surface area contributed by atoms with Gasteiger partial charge in [0.1, 0.15) is 17.8 Å². The van der Waals surface area contributed by atoms with Crippen LogP contribution < -0.4 is 21.1 Å². The number of rotatable bonds is 10. The van der Waals surface area contributed by atoms with Crippen LogP contribution >= 0.6 is 12.6 Å². The van der Waals surface area contributed by atoms with Crippen LogP contribution in [0.2, 0.25) is 0 Å². The first kappa shape index (κ1) is 25.4. The lowest BCUT2D eigenvalue weighted by Crippen LogP contribution is -2.57. The molecule has 10 heteroatoms. The molecule has 0 saturated carbocycles. The van der Waals surface area contributed by atoms with Crippen LogP contribution in [0.3, 0.4) is 0 Å². The summed E-state index contributed by atoms with van der Waals surface area (Å²) in [6.45, 7) is 4.82. The van der Waals surface area contributed by atoms with Gasteiger partial charge in [0.05, 0.1) is 13.2 Å². The number of nitrogens with two attached hydrogens (primary N) is 1. The Morgan fingerprint density at radius 3 is 2.13 bits per heavy atom. The van der Waals surface area contributed by atoms with E-state index < -0.39 is 41.9 Å². The maximum absolute atomic E-state index is 12.8. The van der Waals surface area contributed by atoms with Gasteiger partial charge >= 0.3 is 11.9 Å². The number of hydrogen-bond acceptors (Lipinski definition) is 8. The molecular weight excluding hydrogens is 410 g/mol. The Morgan fingerprint density at radius 2 is 1.67 bits per heavy atom. The summed E-state index contributed by atoms with van der Waals surface area (Å²) < 4.78 is 9.77. The van der Waals surface area contributed by atoms with Gasteiger partial charge in [-0.05, 0) is 23.6 Å². The topological polar surface area (TPSA) is 137 Å². The summed E-state index contributed by atoms with van der Waals surface area (Å²) in [6.07, 6.45) is 0.147. The SMILES string of the molecule is COC(=O)[C@H](Cc1ccc(OC(C)=O)cc1)NC(=O)[C@@H](NC(=O)[C@@H](N)CS)C(C)C. The van der Waals surface area contributed by atoms with Crippen LogP contribution in [0.15, 0.2) is 24.3 Å². The van der Waals surface area contributed by atoms with E-state index in [1.54, 1.807) is 38.1 Å². The maximum Gasteiger partial charge on any atom is 0.328 e. The first-order valence-electron chi connectivity index (χ1n) is 9.41. The second kappa shape index (κ2) is 12.2. The smallest absolute Gasteiger partial charge is 0.328 e. The van der Waals surface area contributed by atoms with Gasteiger partial charge in [0.15, 0.2) is 0 Å². The zero-order valence-corrected chi connectivity index (χ0v) is 18.4. The van der Waals surface area contributed by atoms with Crippen LogP contribution in [-0.4, -0.2) is 54.7 Å². The van der Waals surface area contributed by atoms with Crippen molar-refractivity contribution in [1.29, 1.82) is 0 Å². The highest BCUT2D eigenvalue weighted by Crippen LogP contribution is 2.14. The molecule has 1 rings (SSSR count). The number of nitrogens with one attached hydrogen (secondary N) is 2. The number of benzene rings is 1. The van der Waals surface area contributed by atoms with Gasteiger partial charge in [-0.25, -0.2) is 4.79 Å². The summed E-state index contributed by atoms with van der Waals surface area (Å²) in [5.74, 6) is -1.86. The molecule has 4 N–H and O–H groups in total. The molecule has 2 amide bonds. The van der Waals surface area contributed by atoms with Crippen molar-refractivity contribution in [2.75, 3.05) is 12.9 Å². The molecule has 0 saturated heterocycles. The standard InChI is InChI=1S/C20H29N3O6S/c1-11(2)17(23-18(25)15(21)10-30)19(26)22-16(20(27)28-4)9-13-5-7-14(8-6-13)29-12(3)24/h5-8,11,15-17,30H,9-10,21H2,1-4H3,(H,22,26)(H,23,25)/t15-,16-,17-/m0/s1. The van der Waals surface area contributed by atoms with E-state index >= 15 is 0 Å². The van der Waals surface area contributed by atoms with Crippen molar-refractivity contribution in [1.82, 2.24) is 10.6 Å². The number of methoxy groups -OCH3 is 1. The summed E-state index contributed by atoms with van der Waals surface area (Å²) in [5, 5.41) is 5.23. The maximum atomic E-state index is 12.8. The molecule has 0 unspecified atom stereocenters. The van der Waals surface area contributed by atoms with E-state index in [2.05, 4.69) is 23.3 Å². The molecule has 0 radical (unpaired) electrons. The Bertz CT molecular complexity index is 753. The minimum absolute atomic E-state index is 0.131. The van der Waals surface area contributed by atoms with Gasteiger partial charge in [-0.2, -0.15) is 12.6 Å². The zero-order valence-electron chi connectivity index (χ0n) is 17.5. The third-order valence-corrected chi connectivity index (χ3v) is 4.60. The normalized spacial score (nSPS) is 13.7. The van der Waals surface area contributed by atoms with Crippen molar-refractivity contribution in [3.8, 4) is 5.75 Å². The molecular formula is C20H29N3O6S. The molecule has 0 aliphatic heterocycles. The Kier molecular flexibility index (Phi) is 10.3. The lowest BCUT2D eigenvalue weighted by atomic mass is 10.0. The molecule has 0 aliphatic rings. The zero-order chi connectivity index (χ0) is 22.8. The number of hydrogen-bond donors (Lipinski definition) is 4. The molecule has 0 heterocycles. The number of carbonyl (C=O) groups excluding carboxylic acids is 4. The van der Waals surface area contributed by atoms with Gasteiger partial charge in [-0.15, -0.1) is 0 Å². The third-order valence-electron chi connectivity index (χ3n) is 4.21.